The van der Waals surface area contributed by atoms with Crippen LogP contribution in [-0.2, 0) is 13.6 Å². The van der Waals surface area contributed by atoms with Crippen LogP contribution in [0.15, 0.2) is 6.20 Å². The third-order valence-electron chi connectivity index (χ3n) is 3.66. The van der Waals surface area contributed by atoms with E-state index in [1.54, 1.807) is 10.9 Å². The molecule has 1 N–H and O–H groups in total. The molecule has 1 fully saturated rings. The van der Waals surface area contributed by atoms with E-state index in [9.17, 15) is 5.11 Å². The molecule has 17 heavy (non-hydrogen) atoms. The Labute approximate surface area is 102 Å². The number of hydrogen-bond donors (Lipinski definition) is 1. The lowest BCUT2D eigenvalue weighted by Gasteiger charge is -2.31. The highest BCUT2D eigenvalue weighted by atomic mass is 16.3. The zero-order chi connectivity index (χ0) is 12.3. The maximum absolute atomic E-state index is 9.94. The van der Waals surface area contributed by atoms with E-state index >= 15 is 0 Å². The van der Waals surface area contributed by atoms with Crippen LogP contribution in [0.3, 0.4) is 0 Å². The van der Waals surface area contributed by atoms with Crippen LogP contribution in [0.2, 0.25) is 0 Å². The van der Waals surface area contributed by atoms with Gasteiger partial charge in [-0.3, -0.25) is 4.68 Å². The van der Waals surface area contributed by atoms with Crippen LogP contribution < -0.4 is 0 Å². The fourth-order valence-corrected chi connectivity index (χ4v) is 2.60. The predicted molar refractivity (Wildman–Crippen MR) is 65.3 cm³/mol. The van der Waals surface area contributed by atoms with Crippen LogP contribution in [0.4, 0.5) is 0 Å². The van der Waals surface area contributed by atoms with Crippen molar-refractivity contribution in [1.82, 2.24) is 19.9 Å². The van der Waals surface area contributed by atoms with E-state index in [-0.39, 0.29) is 6.10 Å². The summed E-state index contributed by atoms with van der Waals surface area (Å²) in [5.74, 6) is 0.426. The number of aromatic nitrogens is 3. The first kappa shape index (κ1) is 12.5. The van der Waals surface area contributed by atoms with Gasteiger partial charge in [0.2, 0.25) is 0 Å². The molecule has 0 radical (unpaired) electrons. The van der Waals surface area contributed by atoms with E-state index in [4.69, 9.17) is 0 Å². The summed E-state index contributed by atoms with van der Waals surface area (Å²) < 4.78 is 1.80. The smallest absolute Gasteiger partial charge is 0.0738 e. The molecule has 1 heterocycles. The van der Waals surface area contributed by atoms with Crippen LogP contribution in [-0.4, -0.2) is 44.7 Å². The van der Waals surface area contributed by atoms with Crippen molar-refractivity contribution >= 4 is 0 Å². The van der Waals surface area contributed by atoms with E-state index < -0.39 is 0 Å². The third kappa shape index (κ3) is 3.26. The van der Waals surface area contributed by atoms with Crippen molar-refractivity contribution in [3.8, 4) is 0 Å². The molecule has 2 unspecified atom stereocenters. The van der Waals surface area contributed by atoms with E-state index in [1.807, 2.05) is 7.05 Å². The SMILES string of the molecule is CN(Cc1cnnn1C)CC1CCCCC1O. The molecule has 1 aliphatic rings. The van der Waals surface area contributed by atoms with Gasteiger partial charge in [0, 0.05) is 20.1 Å². The van der Waals surface area contributed by atoms with Gasteiger partial charge < -0.3 is 10.0 Å². The minimum Gasteiger partial charge on any atom is -0.393 e. The molecule has 96 valence electrons. The molecule has 2 atom stereocenters. The van der Waals surface area contributed by atoms with E-state index in [0.717, 1.165) is 31.6 Å². The quantitative estimate of drug-likeness (QED) is 0.843. The molecule has 1 aromatic rings. The van der Waals surface area contributed by atoms with Crippen molar-refractivity contribution < 1.29 is 5.11 Å². The highest BCUT2D eigenvalue weighted by Crippen LogP contribution is 2.25. The molecule has 0 bridgehead atoms. The Hall–Kier alpha value is -0.940. The highest BCUT2D eigenvalue weighted by molar-refractivity contribution is 4.93. The van der Waals surface area contributed by atoms with E-state index in [0.29, 0.717) is 5.92 Å². The van der Waals surface area contributed by atoms with Crippen LogP contribution in [0, 0.1) is 5.92 Å². The molecule has 5 nitrogen and oxygen atoms in total. The summed E-state index contributed by atoms with van der Waals surface area (Å²) in [5.41, 5.74) is 1.11. The summed E-state index contributed by atoms with van der Waals surface area (Å²) in [7, 11) is 4.00. The second-order valence-electron chi connectivity index (χ2n) is 5.16. The van der Waals surface area contributed by atoms with Gasteiger partial charge in [-0.2, -0.15) is 0 Å². The normalized spacial score (nSPS) is 25.4. The largest absolute Gasteiger partial charge is 0.393 e. The van der Waals surface area contributed by atoms with Crippen molar-refractivity contribution in [2.75, 3.05) is 13.6 Å². The zero-order valence-corrected chi connectivity index (χ0v) is 10.7. The Bertz CT molecular complexity index is 352. The Kier molecular flexibility index (Phi) is 4.12. The number of hydrogen-bond acceptors (Lipinski definition) is 4. The molecule has 0 aliphatic heterocycles. The summed E-state index contributed by atoms with van der Waals surface area (Å²) >= 11 is 0. The molecule has 0 aromatic carbocycles. The Morgan fingerprint density at radius 3 is 2.88 bits per heavy atom. The van der Waals surface area contributed by atoms with Gasteiger partial charge in [0.25, 0.3) is 0 Å². The molecule has 1 aromatic heterocycles. The number of nitrogens with zero attached hydrogens (tertiary/aromatic N) is 4. The summed E-state index contributed by atoms with van der Waals surface area (Å²) in [6.45, 7) is 1.79. The lowest BCUT2D eigenvalue weighted by atomic mass is 9.86. The van der Waals surface area contributed by atoms with Gasteiger partial charge in [-0.15, -0.1) is 5.10 Å². The van der Waals surface area contributed by atoms with Gasteiger partial charge in [-0.05, 0) is 25.8 Å². The average molecular weight is 238 g/mol. The monoisotopic (exact) mass is 238 g/mol. The Morgan fingerprint density at radius 2 is 2.24 bits per heavy atom. The first-order valence-electron chi connectivity index (χ1n) is 6.37. The molecule has 0 spiro atoms. The van der Waals surface area contributed by atoms with Gasteiger partial charge in [0.1, 0.15) is 0 Å². The standard InChI is InChI=1S/C12H22N4O/c1-15(9-11-7-13-14-16(11)2)8-10-5-3-4-6-12(10)17/h7,10,12,17H,3-6,8-9H2,1-2H3. The summed E-state index contributed by atoms with van der Waals surface area (Å²) in [6.07, 6.45) is 6.22. The van der Waals surface area contributed by atoms with E-state index in [1.165, 1.54) is 12.8 Å². The second-order valence-corrected chi connectivity index (χ2v) is 5.16. The molecule has 0 amide bonds. The fraction of sp³-hybridized carbons (Fsp3) is 0.833. The van der Waals surface area contributed by atoms with Crippen LogP contribution >= 0.6 is 0 Å². The van der Waals surface area contributed by atoms with Crippen LogP contribution in [0.5, 0.6) is 0 Å². The molecule has 2 rings (SSSR count). The van der Waals surface area contributed by atoms with Crippen molar-refractivity contribution in [2.24, 2.45) is 13.0 Å². The number of aryl methyl sites for hydroxylation is 1. The molecule has 0 saturated heterocycles. The first-order chi connectivity index (χ1) is 8.16. The fourth-order valence-electron chi connectivity index (χ4n) is 2.60. The minimum absolute atomic E-state index is 0.115. The number of aliphatic hydroxyl groups excluding tert-OH is 1. The zero-order valence-electron chi connectivity index (χ0n) is 10.7. The van der Waals surface area contributed by atoms with Crippen molar-refractivity contribution in [3.05, 3.63) is 11.9 Å². The highest BCUT2D eigenvalue weighted by Gasteiger charge is 2.24. The van der Waals surface area contributed by atoms with Crippen LogP contribution in [0.1, 0.15) is 31.4 Å². The van der Waals surface area contributed by atoms with Crippen molar-refractivity contribution in [3.63, 3.8) is 0 Å². The second kappa shape index (κ2) is 5.60. The maximum Gasteiger partial charge on any atom is 0.0738 e. The number of aliphatic hydroxyl groups is 1. The van der Waals surface area contributed by atoms with Gasteiger partial charge in [-0.1, -0.05) is 18.1 Å². The maximum atomic E-state index is 9.94. The first-order valence-corrected chi connectivity index (χ1v) is 6.37. The average Bonchev–Trinajstić information content (AvgIpc) is 2.68. The summed E-state index contributed by atoms with van der Waals surface area (Å²) in [5, 5.41) is 17.7. The van der Waals surface area contributed by atoms with Gasteiger partial charge >= 0.3 is 0 Å². The summed E-state index contributed by atoms with van der Waals surface area (Å²) in [4.78, 5) is 2.25. The van der Waals surface area contributed by atoms with Crippen molar-refractivity contribution in [2.45, 2.75) is 38.3 Å². The molecule has 1 aliphatic carbocycles. The van der Waals surface area contributed by atoms with E-state index in [2.05, 4.69) is 22.3 Å². The lowest BCUT2D eigenvalue weighted by Crippen LogP contribution is -2.35. The van der Waals surface area contributed by atoms with Gasteiger partial charge in [0.15, 0.2) is 0 Å². The third-order valence-corrected chi connectivity index (χ3v) is 3.66. The number of rotatable bonds is 4. The topological polar surface area (TPSA) is 54.2 Å². The molecule has 5 heteroatoms. The van der Waals surface area contributed by atoms with Gasteiger partial charge in [-0.25, -0.2) is 0 Å². The minimum atomic E-state index is -0.115. The van der Waals surface area contributed by atoms with Gasteiger partial charge in [0.05, 0.1) is 18.0 Å². The molecular formula is C12H22N4O. The van der Waals surface area contributed by atoms with Crippen LogP contribution in [0.25, 0.3) is 0 Å². The lowest BCUT2D eigenvalue weighted by molar-refractivity contribution is 0.0498. The van der Waals surface area contributed by atoms with Crippen molar-refractivity contribution in [1.29, 1.82) is 0 Å². The Morgan fingerprint density at radius 1 is 1.47 bits per heavy atom. The summed E-state index contributed by atoms with van der Waals surface area (Å²) in [6, 6.07) is 0. The molecule has 1 saturated carbocycles. The molecular weight excluding hydrogens is 216 g/mol. The Balaban J connectivity index is 1.84. The predicted octanol–water partition coefficient (Wildman–Crippen LogP) is 0.798.